The highest BCUT2D eigenvalue weighted by Crippen LogP contribution is 2.54. The molecule has 0 aromatic heterocycles. The number of halogens is 1. The minimum atomic E-state index is -0.0985. The average molecular weight is 439 g/mol. The van der Waals surface area contributed by atoms with Crippen LogP contribution >= 0.6 is 11.6 Å². The number of aliphatic hydroxyl groups is 1. The quantitative estimate of drug-likeness (QED) is 0.749. The largest absolute Gasteiger partial charge is 0.395 e. The fraction of sp³-hybridized carbons (Fsp3) is 0.500. The molecule has 31 heavy (non-hydrogen) atoms. The Hall–Kier alpha value is -1.88. The minimum absolute atomic E-state index is 0.0602. The highest BCUT2D eigenvalue weighted by molar-refractivity contribution is 6.30. The Bertz CT molecular complexity index is 905. The van der Waals surface area contributed by atoms with E-state index in [4.69, 9.17) is 11.6 Å². The molecule has 5 heteroatoms. The molecule has 3 fully saturated rings. The molecule has 1 aliphatic carbocycles. The maximum atomic E-state index is 13.1. The van der Waals surface area contributed by atoms with E-state index in [-0.39, 0.29) is 30.0 Å². The molecule has 3 aliphatic rings. The molecule has 2 aliphatic heterocycles. The second-order valence-electron chi connectivity index (χ2n) is 9.53. The lowest BCUT2D eigenvalue weighted by molar-refractivity contribution is -0.202. The maximum absolute atomic E-state index is 13.1. The molecule has 164 valence electrons. The molecule has 0 bridgehead atoms. The zero-order valence-corrected chi connectivity index (χ0v) is 18.7. The van der Waals surface area contributed by atoms with Gasteiger partial charge in [-0.3, -0.25) is 9.69 Å². The summed E-state index contributed by atoms with van der Waals surface area (Å²) in [5, 5.41) is 11.0. The van der Waals surface area contributed by atoms with Crippen LogP contribution < -0.4 is 0 Å². The summed E-state index contributed by atoms with van der Waals surface area (Å²) in [6.07, 6.45) is 5.70. The molecule has 2 atom stereocenters. The number of hydrogen-bond donors (Lipinski definition) is 1. The van der Waals surface area contributed by atoms with Gasteiger partial charge in [0.25, 0.3) is 0 Å². The molecule has 0 radical (unpaired) electrons. The number of carbonyl (C=O) groups excluding carboxylic acids is 1. The molecule has 2 heterocycles. The van der Waals surface area contributed by atoms with Crippen molar-refractivity contribution in [1.82, 2.24) is 9.80 Å². The zero-order valence-electron chi connectivity index (χ0n) is 17.9. The van der Waals surface area contributed by atoms with Gasteiger partial charge >= 0.3 is 0 Å². The average Bonchev–Trinajstić information content (AvgIpc) is 2.78. The van der Waals surface area contributed by atoms with Crippen molar-refractivity contribution in [2.45, 2.75) is 56.1 Å². The summed E-state index contributed by atoms with van der Waals surface area (Å²) in [5.41, 5.74) is 2.35. The number of benzene rings is 2. The van der Waals surface area contributed by atoms with Crippen LogP contribution in [0.15, 0.2) is 54.6 Å². The van der Waals surface area contributed by atoms with Gasteiger partial charge < -0.3 is 10.0 Å². The Morgan fingerprint density at radius 1 is 1.00 bits per heavy atom. The first kappa shape index (κ1) is 21.0. The van der Waals surface area contributed by atoms with Gasteiger partial charge in [0.1, 0.15) is 0 Å². The van der Waals surface area contributed by atoms with Crippen LogP contribution in [0, 0.1) is 5.92 Å². The second-order valence-corrected chi connectivity index (χ2v) is 9.96. The summed E-state index contributed by atoms with van der Waals surface area (Å²) < 4.78 is 0. The van der Waals surface area contributed by atoms with Crippen molar-refractivity contribution in [2.24, 2.45) is 5.92 Å². The van der Waals surface area contributed by atoms with E-state index < -0.39 is 0 Å². The molecule has 2 aromatic carbocycles. The van der Waals surface area contributed by atoms with E-state index in [1.165, 1.54) is 30.4 Å². The van der Waals surface area contributed by atoms with Gasteiger partial charge in [-0.1, -0.05) is 73.3 Å². The van der Waals surface area contributed by atoms with Crippen molar-refractivity contribution in [1.29, 1.82) is 0 Å². The van der Waals surface area contributed by atoms with E-state index in [9.17, 15) is 9.90 Å². The smallest absolute Gasteiger partial charge is 0.225 e. The first-order valence-electron chi connectivity index (χ1n) is 11.6. The monoisotopic (exact) mass is 438 g/mol. The van der Waals surface area contributed by atoms with Gasteiger partial charge in [0.2, 0.25) is 5.91 Å². The molecule has 2 aromatic rings. The number of rotatable bonds is 5. The van der Waals surface area contributed by atoms with Gasteiger partial charge in [-0.25, -0.2) is 0 Å². The molecule has 2 saturated heterocycles. The first-order valence-corrected chi connectivity index (χ1v) is 12.0. The van der Waals surface area contributed by atoms with Crippen molar-refractivity contribution in [3.05, 3.63) is 70.7 Å². The summed E-state index contributed by atoms with van der Waals surface area (Å²) in [6.45, 7) is 2.39. The first-order chi connectivity index (χ1) is 15.1. The molecule has 1 saturated carbocycles. The third-order valence-electron chi connectivity index (χ3n) is 7.74. The van der Waals surface area contributed by atoms with Gasteiger partial charge in [-0.15, -0.1) is 0 Å². The van der Waals surface area contributed by atoms with Crippen LogP contribution in [-0.2, 0) is 11.3 Å². The summed E-state index contributed by atoms with van der Waals surface area (Å²) in [6, 6.07) is 18.5. The van der Waals surface area contributed by atoms with E-state index in [1.54, 1.807) is 0 Å². The van der Waals surface area contributed by atoms with E-state index in [2.05, 4.69) is 46.2 Å². The number of likely N-dealkylation sites (tertiary alicyclic amines) is 2. The molecule has 1 spiro atoms. The normalized spacial score (nSPS) is 25.8. The molecular formula is C26H31ClN2O2. The van der Waals surface area contributed by atoms with Crippen molar-refractivity contribution in [3.63, 3.8) is 0 Å². The second kappa shape index (κ2) is 8.57. The Kier molecular flexibility index (Phi) is 5.80. The van der Waals surface area contributed by atoms with Crippen LogP contribution in [0.3, 0.4) is 0 Å². The van der Waals surface area contributed by atoms with Crippen LogP contribution in [0.1, 0.15) is 49.1 Å². The maximum Gasteiger partial charge on any atom is 0.225 e. The van der Waals surface area contributed by atoms with Crippen LogP contribution in [0.25, 0.3) is 0 Å². The highest BCUT2D eigenvalue weighted by Gasteiger charge is 2.66. The fourth-order valence-electron chi connectivity index (χ4n) is 6.18. The number of hydrogen-bond acceptors (Lipinski definition) is 3. The van der Waals surface area contributed by atoms with E-state index in [0.29, 0.717) is 5.91 Å². The van der Waals surface area contributed by atoms with Gasteiger partial charge in [0.15, 0.2) is 0 Å². The van der Waals surface area contributed by atoms with Gasteiger partial charge in [-0.05, 0) is 36.1 Å². The summed E-state index contributed by atoms with van der Waals surface area (Å²) in [4.78, 5) is 17.7. The Balaban J connectivity index is 1.39. The van der Waals surface area contributed by atoms with Crippen molar-refractivity contribution in [3.8, 4) is 0 Å². The van der Waals surface area contributed by atoms with E-state index >= 15 is 0 Å². The third-order valence-corrected chi connectivity index (χ3v) is 8.00. The van der Waals surface area contributed by atoms with Crippen LogP contribution in [0.2, 0.25) is 5.02 Å². The molecule has 1 N–H and O–H groups in total. The number of aliphatic hydroxyl groups excluding tert-OH is 1. The molecular weight excluding hydrogens is 408 g/mol. The standard InChI is InChI=1S/C26H31ClN2O2/c27-22-13-11-19(12-14-22)15-29-23(16-30)24(20-7-3-1-4-8-20)26(29)17-28(18-26)25(31)21-9-5-2-6-10-21/h1,3-4,7-8,11-14,21,23-24,30H,2,5-6,9-10,15-18H2/t23-,24-/m1/s1. The lowest BCUT2D eigenvalue weighted by Gasteiger charge is -2.71. The topological polar surface area (TPSA) is 43.8 Å². The Morgan fingerprint density at radius 3 is 2.32 bits per heavy atom. The predicted molar refractivity (Wildman–Crippen MR) is 123 cm³/mol. The van der Waals surface area contributed by atoms with Crippen LogP contribution in [0.4, 0.5) is 0 Å². The third kappa shape index (κ3) is 3.69. The van der Waals surface area contributed by atoms with Gasteiger partial charge in [0.05, 0.1) is 12.1 Å². The Morgan fingerprint density at radius 2 is 1.68 bits per heavy atom. The number of nitrogens with zero attached hydrogens (tertiary/aromatic N) is 2. The van der Waals surface area contributed by atoms with Crippen molar-refractivity contribution < 1.29 is 9.90 Å². The number of amides is 1. The van der Waals surface area contributed by atoms with Crippen LogP contribution in [-0.4, -0.2) is 52.1 Å². The molecule has 0 unspecified atom stereocenters. The van der Waals surface area contributed by atoms with E-state index in [0.717, 1.165) is 37.5 Å². The van der Waals surface area contributed by atoms with E-state index in [1.807, 2.05) is 18.2 Å². The molecule has 1 amide bonds. The lowest BCUT2D eigenvalue weighted by Crippen LogP contribution is -2.84. The minimum Gasteiger partial charge on any atom is -0.395 e. The summed E-state index contributed by atoms with van der Waals surface area (Å²) in [5.74, 6) is 0.789. The van der Waals surface area contributed by atoms with Crippen molar-refractivity contribution >= 4 is 17.5 Å². The predicted octanol–water partition coefficient (Wildman–Crippen LogP) is 4.46. The van der Waals surface area contributed by atoms with Gasteiger partial charge in [0, 0.05) is 42.5 Å². The fourth-order valence-corrected chi connectivity index (χ4v) is 6.31. The summed E-state index contributed by atoms with van der Waals surface area (Å²) >= 11 is 6.08. The van der Waals surface area contributed by atoms with Crippen molar-refractivity contribution in [2.75, 3.05) is 19.7 Å². The highest BCUT2D eigenvalue weighted by atomic mass is 35.5. The molecule has 5 rings (SSSR count). The zero-order chi connectivity index (χ0) is 21.4. The number of carbonyl (C=O) groups is 1. The van der Waals surface area contributed by atoms with Crippen LogP contribution in [0.5, 0.6) is 0 Å². The SMILES string of the molecule is O=C(C1CCCCC1)N1CC2(C1)[C@H](c1ccccc1)[C@@H](CO)N2Cc1ccc(Cl)cc1. The van der Waals surface area contributed by atoms with Gasteiger partial charge in [-0.2, -0.15) is 0 Å². The lowest BCUT2D eigenvalue weighted by atomic mass is 9.60. The molecule has 4 nitrogen and oxygen atoms in total. The Labute approximate surface area is 189 Å². The summed E-state index contributed by atoms with van der Waals surface area (Å²) in [7, 11) is 0.